The molecule has 1 N–H and O–H groups in total. The Morgan fingerprint density at radius 1 is 0.956 bits per heavy atom. The Bertz CT molecular complexity index is 1460. The van der Waals surface area contributed by atoms with E-state index in [4.69, 9.17) is 44.3 Å². The molecular formula is C35H38Cl3N3O4. The van der Waals surface area contributed by atoms with Crippen molar-refractivity contribution in [2.45, 2.75) is 35.0 Å². The second kappa shape index (κ2) is 15.5. The van der Waals surface area contributed by atoms with Gasteiger partial charge in [-0.25, -0.2) is 0 Å². The van der Waals surface area contributed by atoms with Crippen molar-refractivity contribution in [3.8, 4) is 5.75 Å². The van der Waals surface area contributed by atoms with Gasteiger partial charge in [-0.2, -0.15) is 0 Å². The SMILES string of the molecule is O=C(CC(Cl)(Cl)Cl)NC1(Cc2ccccc2)C=C(CN(C(=O)c2ccccc2)c2cccc(OCCN3CCOCC3)c2)CC1. The zero-order chi connectivity index (χ0) is 31.7. The Morgan fingerprint density at radius 3 is 2.38 bits per heavy atom. The van der Waals surface area contributed by atoms with Gasteiger partial charge in [0.25, 0.3) is 5.91 Å². The van der Waals surface area contributed by atoms with Crippen LogP contribution in [0.5, 0.6) is 5.75 Å². The first kappa shape index (κ1) is 33.3. The van der Waals surface area contributed by atoms with Crippen LogP contribution in [0.2, 0.25) is 0 Å². The van der Waals surface area contributed by atoms with Crippen LogP contribution < -0.4 is 15.0 Å². The van der Waals surface area contributed by atoms with Gasteiger partial charge in [-0.3, -0.25) is 14.5 Å². The van der Waals surface area contributed by atoms with Crippen molar-refractivity contribution in [3.05, 3.63) is 108 Å². The Hall–Kier alpha value is -3.07. The second-order valence-corrected chi connectivity index (χ2v) is 14.0. The van der Waals surface area contributed by atoms with Crippen LogP contribution >= 0.6 is 34.8 Å². The topological polar surface area (TPSA) is 71.1 Å². The van der Waals surface area contributed by atoms with E-state index in [1.807, 2.05) is 84.9 Å². The van der Waals surface area contributed by atoms with Crippen molar-refractivity contribution in [2.24, 2.45) is 0 Å². The summed E-state index contributed by atoms with van der Waals surface area (Å²) in [4.78, 5) is 31.1. The highest BCUT2D eigenvalue weighted by Crippen LogP contribution is 2.35. The van der Waals surface area contributed by atoms with Gasteiger partial charge >= 0.3 is 0 Å². The lowest BCUT2D eigenvalue weighted by Crippen LogP contribution is -2.48. The molecule has 2 amide bonds. The smallest absolute Gasteiger partial charge is 0.258 e. The molecule has 10 heteroatoms. The molecule has 238 valence electrons. The summed E-state index contributed by atoms with van der Waals surface area (Å²) in [5.41, 5.74) is 2.73. The third kappa shape index (κ3) is 9.96. The molecule has 2 aliphatic rings. The predicted octanol–water partition coefficient (Wildman–Crippen LogP) is 6.62. The number of anilines is 1. The first-order chi connectivity index (χ1) is 21.7. The zero-order valence-electron chi connectivity index (χ0n) is 25.1. The van der Waals surface area contributed by atoms with Gasteiger partial charge in [0.05, 0.1) is 25.2 Å². The fourth-order valence-electron chi connectivity index (χ4n) is 5.87. The minimum atomic E-state index is -1.70. The molecule has 1 aliphatic carbocycles. The van der Waals surface area contributed by atoms with Crippen LogP contribution in [-0.4, -0.2) is 72.0 Å². The van der Waals surface area contributed by atoms with Gasteiger partial charge in [0.15, 0.2) is 3.79 Å². The summed E-state index contributed by atoms with van der Waals surface area (Å²) < 4.78 is 9.87. The number of nitrogens with one attached hydrogen (secondary N) is 1. The van der Waals surface area contributed by atoms with Crippen LogP contribution in [0.25, 0.3) is 0 Å². The molecule has 0 bridgehead atoms. The average Bonchev–Trinajstić information content (AvgIpc) is 3.41. The van der Waals surface area contributed by atoms with Crippen molar-refractivity contribution in [3.63, 3.8) is 0 Å². The number of carbonyl (C=O) groups is 2. The van der Waals surface area contributed by atoms with Gasteiger partial charge in [-0.1, -0.05) is 101 Å². The predicted molar refractivity (Wildman–Crippen MR) is 181 cm³/mol. The first-order valence-electron chi connectivity index (χ1n) is 15.2. The minimum absolute atomic E-state index is 0.122. The number of morpholine rings is 1. The molecule has 0 spiro atoms. The van der Waals surface area contributed by atoms with E-state index in [2.05, 4.69) is 16.3 Å². The van der Waals surface area contributed by atoms with Gasteiger partial charge in [-0.05, 0) is 49.1 Å². The van der Waals surface area contributed by atoms with Crippen molar-refractivity contribution < 1.29 is 19.1 Å². The van der Waals surface area contributed by atoms with Crippen LogP contribution in [0.1, 0.15) is 35.2 Å². The van der Waals surface area contributed by atoms with Crippen molar-refractivity contribution in [1.29, 1.82) is 0 Å². The van der Waals surface area contributed by atoms with Gasteiger partial charge in [0.2, 0.25) is 5.91 Å². The van der Waals surface area contributed by atoms with Crippen LogP contribution in [-0.2, 0) is 16.0 Å². The van der Waals surface area contributed by atoms with E-state index in [0.717, 1.165) is 49.7 Å². The quantitative estimate of drug-likeness (QED) is 0.173. The highest BCUT2D eigenvalue weighted by Gasteiger charge is 2.37. The number of nitrogens with zero attached hydrogens (tertiary/aromatic N) is 2. The summed E-state index contributed by atoms with van der Waals surface area (Å²) in [6, 6.07) is 26.9. The maximum atomic E-state index is 14.0. The number of alkyl halides is 3. The summed E-state index contributed by atoms with van der Waals surface area (Å²) in [7, 11) is 0. The molecule has 0 saturated carbocycles. The monoisotopic (exact) mass is 669 g/mol. The molecule has 3 aromatic rings. The number of amides is 2. The van der Waals surface area contributed by atoms with Crippen molar-refractivity contribution in [1.82, 2.24) is 10.2 Å². The average molecular weight is 671 g/mol. The molecule has 1 heterocycles. The van der Waals surface area contributed by atoms with E-state index >= 15 is 0 Å². The molecule has 5 rings (SSSR count). The van der Waals surface area contributed by atoms with Gasteiger partial charge < -0.3 is 19.7 Å². The highest BCUT2D eigenvalue weighted by atomic mass is 35.6. The number of hydrogen-bond acceptors (Lipinski definition) is 5. The van der Waals surface area contributed by atoms with Crippen molar-refractivity contribution in [2.75, 3.05) is 50.9 Å². The van der Waals surface area contributed by atoms with Crippen LogP contribution in [0.4, 0.5) is 5.69 Å². The standard InChI is InChI=1S/C35H38Cl3N3O4/c36-35(37,38)25-32(42)39-34(23-27-8-3-1-4-9-27)15-14-28(24-34)26-41(33(43)29-10-5-2-6-11-29)30-12-7-13-31(22-30)45-21-18-40-16-19-44-20-17-40/h1-13,22,24H,14-21,23,25-26H2,(H,39,42). The number of benzene rings is 3. The molecule has 3 aromatic carbocycles. The normalized spacial score (nSPS) is 18.7. The molecule has 1 atom stereocenters. The lowest BCUT2D eigenvalue weighted by Gasteiger charge is -2.30. The fourth-order valence-corrected chi connectivity index (χ4v) is 6.23. The van der Waals surface area contributed by atoms with Crippen LogP contribution in [0.3, 0.4) is 0 Å². The number of halogens is 3. The van der Waals surface area contributed by atoms with E-state index in [1.54, 1.807) is 4.90 Å². The lowest BCUT2D eigenvalue weighted by atomic mass is 9.90. The summed E-state index contributed by atoms with van der Waals surface area (Å²) in [5, 5.41) is 3.16. The van der Waals surface area contributed by atoms with Crippen LogP contribution in [0, 0.1) is 0 Å². The number of hydrogen-bond donors (Lipinski definition) is 1. The molecular weight excluding hydrogens is 633 g/mol. The van der Waals surface area contributed by atoms with Gasteiger partial charge in [0.1, 0.15) is 12.4 Å². The molecule has 1 aliphatic heterocycles. The lowest BCUT2D eigenvalue weighted by molar-refractivity contribution is -0.122. The van der Waals surface area contributed by atoms with E-state index in [9.17, 15) is 9.59 Å². The third-order valence-corrected chi connectivity index (χ3v) is 8.42. The molecule has 0 aromatic heterocycles. The number of carbonyl (C=O) groups excluding carboxylic acids is 2. The Morgan fingerprint density at radius 2 is 1.67 bits per heavy atom. The first-order valence-corrected chi connectivity index (χ1v) is 16.3. The Labute approximate surface area is 280 Å². The van der Waals surface area contributed by atoms with E-state index in [0.29, 0.717) is 43.7 Å². The number of ether oxygens (including phenoxy) is 2. The third-order valence-electron chi connectivity index (χ3n) is 8.02. The zero-order valence-corrected chi connectivity index (χ0v) is 27.4. The summed E-state index contributed by atoms with van der Waals surface area (Å²) in [6.07, 6.45) is 3.75. The molecule has 1 fully saturated rings. The maximum Gasteiger partial charge on any atom is 0.258 e. The minimum Gasteiger partial charge on any atom is -0.492 e. The second-order valence-electron chi connectivity index (χ2n) is 11.5. The van der Waals surface area contributed by atoms with Crippen molar-refractivity contribution >= 4 is 52.3 Å². The fraction of sp³-hybridized carbons (Fsp3) is 0.371. The molecule has 1 unspecified atom stereocenters. The molecule has 45 heavy (non-hydrogen) atoms. The number of rotatable bonds is 12. The van der Waals surface area contributed by atoms with E-state index in [-0.39, 0.29) is 18.2 Å². The summed E-state index contributed by atoms with van der Waals surface area (Å²) in [6.45, 7) is 4.97. The molecule has 1 saturated heterocycles. The maximum absolute atomic E-state index is 14.0. The summed E-state index contributed by atoms with van der Waals surface area (Å²) in [5.74, 6) is 0.231. The van der Waals surface area contributed by atoms with Crippen LogP contribution in [0.15, 0.2) is 96.6 Å². The van der Waals surface area contributed by atoms with Gasteiger partial charge in [-0.15, -0.1) is 0 Å². The highest BCUT2D eigenvalue weighted by molar-refractivity contribution is 6.68. The van der Waals surface area contributed by atoms with E-state index < -0.39 is 9.33 Å². The summed E-state index contributed by atoms with van der Waals surface area (Å²) >= 11 is 17.9. The Kier molecular flexibility index (Phi) is 11.5. The molecule has 0 radical (unpaired) electrons. The van der Waals surface area contributed by atoms with E-state index in [1.165, 1.54) is 0 Å². The molecule has 7 nitrogen and oxygen atoms in total. The Balaban J connectivity index is 1.39. The largest absolute Gasteiger partial charge is 0.492 e. The van der Waals surface area contributed by atoms with Gasteiger partial charge in [0, 0.05) is 43.5 Å².